The Morgan fingerprint density at radius 3 is 2.61 bits per heavy atom. The molecular weight excluding hydrogens is 335 g/mol. The second-order valence-electron chi connectivity index (χ2n) is 5.16. The Kier molecular flexibility index (Phi) is 4.85. The fourth-order valence-electron chi connectivity index (χ4n) is 2.28. The quantitative estimate of drug-likeness (QED) is 0.855. The van der Waals surface area contributed by atoms with Gasteiger partial charge in [0.2, 0.25) is 0 Å². The van der Waals surface area contributed by atoms with E-state index in [0.29, 0.717) is 13.0 Å². The summed E-state index contributed by atoms with van der Waals surface area (Å²) in [6, 6.07) is 3.47. The molecule has 1 aromatic rings. The van der Waals surface area contributed by atoms with E-state index < -0.39 is 32.4 Å². The number of alkyl halides is 3. The van der Waals surface area contributed by atoms with Gasteiger partial charge >= 0.3 is 11.5 Å². The fraction of sp³-hybridized carbons (Fsp3) is 0.462. The minimum atomic E-state index is -5.46. The summed E-state index contributed by atoms with van der Waals surface area (Å²) in [6.07, 6.45) is 1.84. The molecule has 0 radical (unpaired) electrons. The van der Waals surface area contributed by atoms with Crippen LogP contribution in [0, 0.1) is 0 Å². The van der Waals surface area contributed by atoms with Crippen LogP contribution in [0.15, 0.2) is 29.2 Å². The molecule has 1 saturated heterocycles. The third-order valence-corrected chi connectivity index (χ3v) is 4.99. The first-order valence-corrected chi connectivity index (χ1v) is 8.36. The molecule has 1 aliphatic heterocycles. The molecule has 23 heavy (non-hydrogen) atoms. The van der Waals surface area contributed by atoms with Gasteiger partial charge in [-0.25, -0.2) is 13.2 Å². The van der Waals surface area contributed by atoms with Crippen LogP contribution in [0.3, 0.4) is 0 Å². The first kappa shape index (κ1) is 17.5. The summed E-state index contributed by atoms with van der Waals surface area (Å²) in [7, 11) is -5.46. The van der Waals surface area contributed by atoms with Gasteiger partial charge in [0.1, 0.15) is 0 Å². The molecule has 128 valence electrons. The number of hydrogen-bond acceptors (Lipinski definition) is 4. The van der Waals surface area contributed by atoms with Gasteiger partial charge in [-0.3, -0.25) is 0 Å². The van der Waals surface area contributed by atoms with Crippen LogP contribution in [0.5, 0.6) is 0 Å². The van der Waals surface area contributed by atoms with Crippen LogP contribution in [0.4, 0.5) is 23.7 Å². The Morgan fingerprint density at radius 1 is 1.30 bits per heavy atom. The van der Waals surface area contributed by atoms with Crippen LogP contribution >= 0.6 is 0 Å². The van der Waals surface area contributed by atoms with Gasteiger partial charge in [-0.1, -0.05) is 6.07 Å². The number of sulfone groups is 1. The number of rotatable bonds is 2. The van der Waals surface area contributed by atoms with Crippen LogP contribution in [-0.2, 0) is 9.84 Å². The molecule has 1 atom stereocenters. The Bertz CT molecular complexity index is 691. The molecule has 0 aromatic heterocycles. The predicted octanol–water partition coefficient (Wildman–Crippen LogP) is 2.28. The molecule has 1 unspecified atom stereocenters. The summed E-state index contributed by atoms with van der Waals surface area (Å²) in [5, 5.41) is 2.38. The summed E-state index contributed by atoms with van der Waals surface area (Å²) < 4.78 is 60.4. The lowest BCUT2D eigenvalue weighted by atomic mass is 10.1. The highest BCUT2D eigenvalue weighted by atomic mass is 32.2. The predicted molar refractivity (Wildman–Crippen MR) is 77.2 cm³/mol. The lowest BCUT2D eigenvalue weighted by molar-refractivity contribution is -0.0435. The average molecular weight is 351 g/mol. The molecule has 2 rings (SSSR count). The van der Waals surface area contributed by atoms with E-state index in [2.05, 4.69) is 5.32 Å². The Morgan fingerprint density at radius 2 is 2.00 bits per heavy atom. The van der Waals surface area contributed by atoms with Crippen LogP contribution in [0.2, 0.25) is 0 Å². The van der Waals surface area contributed by atoms with E-state index in [1.807, 2.05) is 0 Å². The highest BCUT2D eigenvalue weighted by molar-refractivity contribution is 7.92. The normalized spacial score (nSPS) is 19.5. The summed E-state index contributed by atoms with van der Waals surface area (Å²) in [6.45, 7) is 0.438. The van der Waals surface area contributed by atoms with Crippen molar-refractivity contribution in [1.29, 1.82) is 0 Å². The molecule has 0 saturated carbocycles. The number of carbonyl (C=O) groups excluding carboxylic acids is 1. The Hall–Kier alpha value is -1.81. The van der Waals surface area contributed by atoms with E-state index in [1.54, 1.807) is 0 Å². The van der Waals surface area contributed by atoms with Gasteiger partial charge in [-0.2, -0.15) is 13.2 Å². The highest BCUT2D eigenvalue weighted by Gasteiger charge is 2.46. The third kappa shape index (κ3) is 3.75. The van der Waals surface area contributed by atoms with Crippen molar-refractivity contribution in [2.75, 3.05) is 11.9 Å². The average Bonchev–Trinajstić information content (AvgIpc) is 2.46. The van der Waals surface area contributed by atoms with E-state index in [0.717, 1.165) is 31.0 Å². The van der Waals surface area contributed by atoms with Gasteiger partial charge in [0.15, 0.2) is 0 Å². The van der Waals surface area contributed by atoms with Gasteiger partial charge in [0.05, 0.1) is 11.1 Å². The van der Waals surface area contributed by atoms with Crippen LogP contribution in [0.1, 0.15) is 19.3 Å². The van der Waals surface area contributed by atoms with E-state index in [-0.39, 0.29) is 5.69 Å². The maximum Gasteiger partial charge on any atom is 0.501 e. The molecule has 0 spiro atoms. The molecular formula is C13H16F3N3O3S. The summed E-state index contributed by atoms with van der Waals surface area (Å²) in [5.74, 6) is 0. The number of halogens is 3. The molecule has 2 amide bonds. The van der Waals surface area contributed by atoms with Crippen molar-refractivity contribution >= 4 is 21.6 Å². The smallest absolute Gasteiger partial charge is 0.311 e. The van der Waals surface area contributed by atoms with Crippen LogP contribution in [0.25, 0.3) is 0 Å². The second-order valence-corrected chi connectivity index (χ2v) is 7.10. The Balaban J connectivity index is 2.19. The number of benzene rings is 1. The van der Waals surface area contributed by atoms with Crippen molar-refractivity contribution in [3.05, 3.63) is 24.3 Å². The number of urea groups is 1. The largest absolute Gasteiger partial charge is 0.501 e. The van der Waals surface area contributed by atoms with Gasteiger partial charge in [0.25, 0.3) is 9.84 Å². The maximum absolute atomic E-state index is 12.6. The lowest BCUT2D eigenvalue weighted by Gasteiger charge is -2.33. The molecule has 1 fully saturated rings. The zero-order valence-corrected chi connectivity index (χ0v) is 12.8. The minimum absolute atomic E-state index is 0.0434. The van der Waals surface area contributed by atoms with Gasteiger partial charge in [-0.15, -0.1) is 0 Å². The summed E-state index contributed by atoms with van der Waals surface area (Å²) >= 11 is 0. The topological polar surface area (TPSA) is 92.5 Å². The number of amides is 2. The van der Waals surface area contributed by atoms with Crippen molar-refractivity contribution in [3.63, 3.8) is 0 Å². The summed E-state index contributed by atoms with van der Waals surface area (Å²) in [4.78, 5) is 12.5. The van der Waals surface area contributed by atoms with Crippen molar-refractivity contribution in [2.45, 2.75) is 35.8 Å². The van der Waals surface area contributed by atoms with Crippen molar-refractivity contribution in [3.8, 4) is 0 Å². The third-order valence-electron chi connectivity index (χ3n) is 3.51. The van der Waals surface area contributed by atoms with Crippen molar-refractivity contribution in [1.82, 2.24) is 4.90 Å². The molecule has 3 N–H and O–H groups in total. The van der Waals surface area contributed by atoms with E-state index in [1.165, 1.54) is 11.0 Å². The zero-order valence-electron chi connectivity index (χ0n) is 12.0. The second kappa shape index (κ2) is 6.36. The van der Waals surface area contributed by atoms with Crippen LogP contribution < -0.4 is 11.1 Å². The van der Waals surface area contributed by atoms with Crippen molar-refractivity contribution < 1.29 is 26.4 Å². The standard InChI is InChI=1S/C13H16F3N3O3S/c14-13(15,16)23(21,22)10-5-3-4-9(8-10)18-12(20)19-7-2-1-6-11(19)17/h3-5,8,11H,1-2,6-7,17H2,(H,18,20). The molecule has 0 aliphatic carbocycles. The first-order valence-electron chi connectivity index (χ1n) is 6.87. The van der Waals surface area contributed by atoms with E-state index in [4.69, 9.17) is 5.73 Å². The number of likely N-dealkylation sites (tertiary alicyclic amines) is 1. The number of anilines is 1. The minimum Gasteiger partial charge on any atom is -0.311 e. The summed E-state index contributed by atoms with van der Waals surface area (Å²) in [5.41, 5.74) is 0.369. The van der Waals surface area contributed by atoms with Gasteiger partial charge in [0, 0.05) is 12.2 Å². The monoisotopic (exact) mass is 351 g/mol. The van der Waals surface area contributed by atoms with Crippen molar-refractivity contribution in [2.24, 2.45) is 5.73 Å². The van der Waals surface area contributed by atoms with Gasteiger partial charge < -0.3 is 16.0 Å². The molecule has 1 aromatic carbocycles. The Labute approximate surface area is 131 Å². The molecule has 1 heterocycles. The SMILES string of the molecule is NC1CCCCN1C(=O)Nc1cccc(S(=O)(=O)C(F)(F)F)c1. The number of nitrogens with two attached hydrogens (primary N) is 1. The fourth-order valence-corrected chi connectivity index (χ4v) is 3.09. The molecule has 6 nitrogen and oxygen atoms in total. The number of hydrogen-bond donors (Lipinski definition) is 2. The molecule has 1 aliphatic rings. The van der Waals surface area contributed by atoms with Gasteiger partial charge in [-0.05, 0) is 37.5 Å². The van der Waals surface area contributed by atoms with Crippen LogP contribution in [-0.4, -0.2) is 37.6 Å². The van der Waals surface area contributed by atoms with E-state index in [9.17, 15) is 26.4 Å². The highest BCUT2D eigenvalue weighted by Crippen LogP contribution is 2.31. The number of piperidine rings is 1. The zero-order chi connectivity index (χ0) is 17.3. The lowest BCUT2D eigenvalue weighted by Crippen LogP contribution is -2.50. The molecule has 0 bridgehead atoms. The molecule has 10 heteroatoms. The number of nitrogens with zero attached hydrogens (tertiary/aromatic N) is 1. The first-order chi connectivity index (χ1) is 10.6. The maximum atomic E-state index is 12.6. The number of carbonyl (C=O) groups is 1. The van der Waals surface area contributed by atoms with E-state index >= 15 is 0 Å². The number of nitrogens with one attached hydrogen (secondary N) is 1.